The molecular weight excluding hydrogens is 328 g/mol. The third-order valence-electron chi connectivity index (χ3n) is 3.12. The number of aromatic nitrogens is 2. The van der Waals surface area contributed by atoms with Crippen LogP contribution in [-0.2, 0) is 10.5 Å². The summed E-state index contributed by atoms with van der Waals surface area (Å²) >= 11 is 1.47. The van der Waals surface area contributed by atoms with E-state index < -0.39 is 0 Å². The third kappa shape index (κ3) is 5.95. The van der Waals surface area contributed by atoms with Crippen LogP contribution < -0.4 is 10.6 Å². The van der Waals surface area contributed by atoms with Crippen LogP contribution in [0.4, 0.5) is 0 Å². The van der Waals surface area contributed by atoms with E-state index in [2.05, 4.69) is 20.8 Å². The van der Waals surface area contributed by atoms with Crippen LogP contribution in [0.15, 0.2) is 33.9 Å². The molecule has 0 bridgehead atoms. The second kappa shape index (κ2) is 10.1. The molecule has 24 heavy (non-hydrogen) atoms. The number of hydrogen-bond donors (Lipinski definition) is 2. The first-order valence-corrected chi connectivity index (χ1v) is 8.67. The van der Waals surface area contributed by atoms with Crippen LogP contribution in [0.5, 0.6) is 0 Å². The minimum Gasteiger partial charge on any atom is -0.383 e. The maximum absolute atomic E-state index is 12.3. The third-order valence-corrected chi connectivity index (χ3v) is 4.16. The van der Waals surface area contributed by atoms with Crippen molar-refractivity contribution >= 4 is 17.7 Å². The van der Waals surface area contributed by atoms with Crippen LogP contribution in [0.25, 0.3) is 0 Å². The molecule has 0 saturated carbocycles. The first-order chi connectivity index (χ1) is 11.7. The number of aryl methyl sites for hydroxylation is 1. The molecule has 0 spiro atoms. The molecule has 2 aromatic heterocycles. The average molecular weight is 350 g/mol. The Morgan fingerprint density at radius 1 is 1.38 bits per heavy atom. The molecule has 0 atom stereocenters. The quantitative estimate of drug-likeness (QED) is 0.497. The van der Waals surface area contributed by atoms with E-state index in [1.807, 2.05) is 13.0 Å². The molecular formula is C16H22N4O3S. The molecule has 1 amide bonds. The topological polar surface area (TPSA) is 89.3 Å². The van der Waals surface area contributed by atoms with Crippen LogP contribution in [0.1, 0.15) is 21.8 Å². The maximum Gasteiger partial charge on any atom is 0.254 e. The van der Waals surface area contributed by atoms with Gasteiger partial charge in [-0.2, -0.15) is 0 Å². The second-order valence-corrected chi connectivity index (χ2v) is 6.04. The summed E-state index contributed by atoms with van der Waals surface area (Å²) in [6.07, 6.45) is 1.68. The van der Waals surface area contributed by atoms with Crippen LogP contribution in [0.3, 0.4) is 0 Å². The van der Waals surface area contributed by atoms with Gasteiger partial charge in [0.15, 0.2) is 0 Å². The van der Waals surface area contributed by atoms with Crippen LogP contribution in [0, 0.1) is 6.92 Å². The number of nitrogens with one attached hydrogen (secondary N) is 2. The van der Waals surface area contributed by atoms with Gasteiger partial charge in [0.1, 0.15) is 10.8 Å². The molecule has 0 unspecified atom stereocenters. The summed E-state index contributed by atoms with van der Waals surface area (Å²) in [5.41, 5.74) is 1.40. The van der Waals surface area contributed by atoms with Gasteiger partial charge in [0.2, 0.25) is 0 Å². The molecule has 7 nitrogen and oxygen atoms in total. The molecule has 2 heterocycles. The lowest BCUT2D eigenvalue weighted by atomic mass is 10.2. The van der Waals surface area contributed by atoms with Gasteiger partial charge in [-0.1, -0.05) is 16.9 Å². The lowest BCUT2D eigenvalue weighted by Gasteiger charge is -2.09. The number of amides is 1. The normalized spacial score (nSPS) is 10.8. The molecule has 2 rings (SSSR count). The fourth-order valence-electron chi connectivity index (χ4n) is 1.97. The predicted molar refractivity (Wildman–Crippen MR) is 92.1 cm³/mol. The van der Waals surface area contributed by atoms with Crippen molar-refractivity contribution < 1.29 is 14.1 Å². The summed E-state index contributed by atoms with van der Waals surface area (Å²) in [5.74, 6) is 1.24. The zero-order valence-corrected chi connectivity index (χ0v) is 14.7. The Bertz CT molecular complexity index is 648. The van der Waals surface area contributed by atoms with Crippen LogP contribution in [0.2, 0.25) is 0 Å². The Kier molecular flexibility index (Phi) is 7.73. The van der Waals surface area contributed by atoms with Crippen molar-refractivity contribution in [2.75, 3.05) is 33.4 Å². The SMILES string of the molecule is COCCNCCNC(=O)c1cccnc1SCc1cc(C)on1. The Hall–Kier alpha value is -1.90. The monoisotopic (exact) mass is 350 g/mol. The molecule has 2 N–H and O–H groups in total. The molecule has 0 aliphatic carbocycles. The van der Waals surface area contributed by atoms with Crippen molar-refractivity contribution in [1.82, 2.24) is 20.8 Å². The largest absolute Gasteiger partial charge is 0.383 e. The first-order valence-electron chi connectivity index (χ1n) is 7.68. The smallest absolute Gasteiger partial charge is 0.254 e. The van der Waals surface area contributed by atoms with Crippen LogP contribution >= 0.6 is 11.8 Å². The highest BCUT2D eigenvalue weighted by Gasteiger charge is 2.13. The number of ether oxygens (including phenoxy) is 1. The zero-order valence-electron chi connectivity index (χ0n) is 13.9. The average Bonchev–Trinajstić information content (AvgIpc) is 3.01. The van der Waals surface area contributed by atoms with Crippen molar-refractivity contribution in [2.45, 2.75) is 17.7 Å². The van der Waals surface area contributed by atoms with E-state index in [0.29, 0.717) is 36.0 Å². The summed E-state index contributed by atoms with van der Waals surface area (Å²) in [5, 5.41) is 10.7. The van der Waals surface area contributed by atoms with Gasteiger partial charge in [0.25, 0.3) is 5.91 Å². The number of rotatable bonds is 10. The lowest BCUT2D eigenvalue weighted by Crippen LogP contribution is -2.33. The van der Waals surface area contributed by atoms with Gasteiger partial charge in [-0.15, -0.1) is 0 Å². The van der Waals surface area contributed by atoms with E-state index in [1.54, 1.807) is 25.4 Å². The molecule has 0 saturated heterocycles. The van der Waals surface area contributed by atoms with Crippen molar-refractivity contribution in [2.24, 2.45) is 0 Å². The number of hydrogen-bond acceptors (Lipinski definition) is 7. The highest BCUT2D eigenvalue weighted by molar-refractivity contribution is 7.98. The summed E-state index contributed by atoms with van der Waals surface area (Å²) in [7, 11) is 1.66. The van der Waals surface area contributed by atoms with Gasteiger partial charge in [0, 0.05) is 44.8 Å². The Morgan fingerprint density at radius 2 is 2.25 bits per heavy atom. The van der Waals surface area contributed by atoms with Gasteiger partial charge in [-0.05, 0) is 19.1 Å². The number of thioether (sulfide) groups is 1. The molecule has 0 aliphatic heterocycles. The fourth-order valence-corrected chi connectivity index (χ4v) is 2.84. The molecule has 0 aromatic carbocycles. The van der Waals surface area contributed by atoms with Gasteiger partial charge in [-0.3, -0.25) is 4.79 Å². The highest BCUT2D eigenvalue weighted by Crippen LogP contribution is 2.23. The molecule has 0 radical (unpaired) electrons. The standard InChI is InChI=1S/C16H22N4O3S/c1-12-10-13(20-23-12)11-24-16-14(4-3-5-19-16)15(21)18-7-6-17-8-9-22-2/h3-5,10,17H,6-9,11H2,1-2H3,(H,18,21). The number of nitrogens with zero attached hydrogens (tertiary/aromatic N) is 2. The Morgan fingerprint density at radius 3 is 3.00 bits per heavy atom. The van der Waals surface area contributed by atoms with Crippen LogP contribution in [-0.4, -0.2) is 49.4 Å². The number of carbonyl (C=O) groups is 1. The van der Waals surface area contributed by atoms with Gasteiger partial charge in [0.05, 0.1) is 17.9 Å². The van der Waals surface area contributed by atoms with Gasteiger partial charge >= 0.3 is 0 Å². The molecule has 130 valence electrons. The van der Waals surface area contributed by atoms with Crippen molar-refractivity contribution in [3.8, 4) is 0 Å². The summed E-state index contributed by atoms with van der Waals surface area (Å²) in [4.78, 5) is 16.6. The minimum absolute atomic E-state index is 0.129. The van der Waals surface area contributed by atoms with Crippen molar-refractivity contribution in [1.29, 1.82) is 0 Å². The van der Waals surface area contributed by atoms with E-state index in [9.17, 15) is 4.79 Å². The van der Waals surface area contributed by atoms with E-state index >= 15 is 0 Å². The van der Waals surface area contributed by atoms with Gasteiger partial charge < -0.3 is 19.9 Å². The van der Waals surface area contributed by atoms with E-state index in [4.69, 9.17) is 9.26 Å². The molecule has 2 aromatic rings. The Balaban J connectivity index is 1.84. The Labute approximate surface area is 145 Å². The summed E-state index contributed by atoms with van der Waals surface area (Å²) < 4.78 is 9.99. The fraction of sp³-hybridized carbons (Fsp3) is 0.438. The summed E-state index contributed by atoms with van der Waals surface area (Å²) in [6, 6.07) is 5.41. The molecule has 8 heteroatoms. The van der Waals surface area contributed by atoms with Crippen molar-refractivity contribution in [3.05, 3.63) is 41.4 Å². The van der Waals surface area contributed by atoms with E-state index in [1.165, 1.54) is 11.8 Å². The van der Waals surface area contributed by atoms with E-state index in [0.717, 1.165) is 18.0 Å². The number of carbonyl (C=O) groups excluding carboxylic acids is 1. The lowest BCUT2D eigenvalue weighted by molar-refractivity contribution is 0.0950. The molecule has 0 fully saturated rings. The van der Waals surface area contributed by atoms with Crippen molar-refractivity contribution in [3.63, 3.8) is 0 Å². The number of methoxy groups -OCH3 is 1. The first kappa shape index (κ1) is 18.4. The maximum atomic E-state index is 12.3. The highest BCUT2D eigenvalue weighted by atomic mass is 32.2. The second-order valence-electron chi connectivity index (χ2n) is 5.07. The zero-order chi connectivity index (χ0) is 17.2. The van der Waals surface area contributed by atoms with Gasteiger partial charge in [-0.25, -0.2) is 4.98 Å². The number of pyridine rings is 1. The van der Waals surface area contributed by atoms with E-state index in [-0.39, 0.29) is 5.91 Å². The molecule has 0 aliphatic rings. The minimum atomic E-state index is -0.129. The predicted octanol–water partition coefficient (Wildman–Crippen LogP) is 1.64. The summed E-state index contributed by atoms with van der Waals surface area (Å²) in [6.45, 7) is 4.50.